The van der Waals surface area contributed by atoms with Gasteiger partial charge >= 0.3 is 11.8 Å². The molecule has 2 aromatic rings. The lowest BCUT2D eigenvalue weighted by Gasteiger charge is -2.12. The minimum Gasteiger partial charge on any atom is -0.438 e. The number of carbonyl (C=O) groups is 3. The first-order valence-electron chi connectivity index (χ1n) is 7.75. The summed E-state index contributed by atoms with van der Waals surface area (Å²) in [7, 11) is 0. The molecule has 130 valence electrons. The van der Waals surface area contributed by atoms with Crippen LogP contribution < -0.4 is 16.0 Å². The molecule has 1 N–H and O–H groups in total. The van der Waals surface area contributed by atoms with Crippen molar-refractivity contribution < 1.29 is 23.5 Å². The van der Waals surface area contributed by atoms with Crippen molar-refractivity contribution in [2.75, 3.05) is 11.4 Å². The summed E-state index contributed by atoms with van der Waals surface area (Å²) >= 11 is 0. The molecule has 1 aliphatic carbocycles. The molecular formula is C16H15N3O6. The number of aromatic nitrogens is 1. The van der Waals surface area contributed by atoms with Crippen LogP contribution in [-0.2, 0) is 9.53 Å². The van der Waals surface area contributed by atoms with E-state index in [0.717, 1.165) is 4.57 Å². The standard InChI is InChI=1S/C16H15N3O6/c1-8(20)17-13-6-16(13)7-18(14(22)25-16)10-3-4-11-12(5-10)24-15(23)19(11)9(2)21/h3-5,13H,6-7H2,1-2H3,(H,17,20). The number of oxazole rings is 1. The molecule has 2 unspecified atom stereocenters. The van der Waals surface area contributed by atoms with Gasteiger partial charge in [0.1, 0.15) is 0 Å². The Morgan fingerprint density at radius 1 is 1.28 bits per heavy atom. The largest absolute Gasteiger partial charge is 0.438 e. The lowest BCUT2D eigenvalue weighted by atomic mass is 10.2. The van der Waals surface area contributed by atoms with E-state index in [2.05, 4.69) is 5.32 Å². The first-order chi connectivity index (χ1) is 11.8. The van der Waals surface area contributed by atoms with Gasteiger partial charge in [0, 0.05) is 26.3 Å². The average molecular weight is 345 g/mol. The summed E-state index contributed by atoms with van der Waals surface area (Å²) in [6.07, 6.45) is 0.0351. The normalized spacial score (nSPS) is 24.6. The molecule has 1 aliphatic heterocycles. The van der Waals surface area contributed by atoms with E-state index >= 15 is 0 Å². The van der Waals surface area contributed by atoms with E-state index < -0.39 is 23.4 Å². The molecule has 1 aromatic heterocycles. The predicted molar refractivity (Wildman–Crippen MR) is 85.6 cm³/mol. The Balaban J connectivity index is 1.65. The third-order valence-electron chi connectivity index (χ3n) is 4.53. The molecule has 1 aromatic carbocycles. The second-order valence-electron chi connectivity index (χ2n) is 6.35. The number of carbonyl (C=O) groups excluding carboxylic acids is 3. The predicted octanol–water partition coefficient (Wildman–Crippen LogP) is 0.858. The minimum absolute atomic E-state index is 0.176. The van der Waals surface area contributed by atoms with Gasteiger partial charge in [0.25, 0.3) is 0 Å². The van der Waals surface area contributed by atoms with Crippen molar-refractivity contribution in [2.45, 2.75) is 31.9 Å². The zero-order valence-corrected chi connectivity index (χ0v) is 13.6. The van der Waals surface area contributed by atoms with Crippen molar-refractivity contribution in [3.8, 4) is 0 Å². The molecule has 0 bridgehead atoms. The average Bonchev–Trinajstić information content (AvgIpc) is 2.87. The summed E-state index contributed by atoms with van der Waals surface area (Å²) in [6.45, 7) is 2.97. The quantitative estimate of drug-likeness (QED) is 0.864. The Hall–Kier alpha value is -3.10. The van der Waals surface area contributed by atoms with Crippen molar-refractivity contribution in [3.05, 3.63) is 28.7 Å². The van der Waals surface area contributed by atoms with Gasteiger partial charge in [-0.3, -0.25) is 14.5 Å². The van der Waals surface area contributed by atoms with Crippen LogP contribution in [0.3, 0.4) is 0 Å². The molecule has 1 spiro atoms. The molecule has 25 heavy (non-hydrogen) atoms. The van der Waals surface area contributed by atoms with E-state index in [4.69, 9.17) is 9.15 Å². The highest BCUT2D eigenvalue weighted by Crippen LogP contribution is 2.46. The second-order valence-corrected chi connectivity index (χ2v) is 6.35. The SMILES string of the molecule is CC(=O)NC1CC12CN(c1ccc3c(c1)oc(=O)n3C(C)=O)C(=O)O2. The van der Waals surface area contributed by atoms with Crippen molar-refractivity contribution >= 4 is 34.7 Å². The van der Waals surface area contributed by atoms with Gasteiger partial charge in [0.2, 0.25) is 11.8 Å². The smallest absolute Gasteiger partial charge is 0.426 e. The molecule has 4 rings (SSSR count). The molecule has 2 fully saturated rings. The van der Waals surface area contributed by atoms with Gasteiger partial charge in [-0.05, 0) is 12.1 Å². The molecule has 2 aliphatic rings. The maximum absolute atomic E-state index is 12.2. The molecule has 2 heterocycles. The highest BCUT2D eigenvalue weighted by atomic mass is 16.6. The maximum Gasteiger partial charge on any atom is 0.426 e. The van der Waals surface area contributed by atoms with Crippen molar-refractivity contribution in [3.63, 3.8) is 0 Å². The number of nitrogens with zero attached hydrogens (tertiary/aromatic N) is 2. The summed E-state index contributed by atoms with van der Waals surface area (Å²) in [5, 5.41) is 2.75. The van der Waals surface area contributed by atoms with E-state index in [1.54, 1.807) is 12.1 Å². The zero-order valence-electron chi connectivity index (χ0n) is 13.6. The van der Waals surface area contributed by atoms with E-state index in [0.29, 0.717) is 24.2 Å². The number of anilines is 1. The summed E-state index contributed by atoms with van der Waals surface area (Å²) in [5.41, 5.74) is 0.336. The van der Waals surface area contributed by atoms with Crippen LogP contribution in [-0.4, -0.2) is 40.7 Å². The Kier molecular flexibility index (Phi) is 3.05. The van der Waals surface area contributed by atoms with E-state index in [9.17, 15) is 19.2 Å². The summed E-state index contributed by atoms with van der Waals surface area (Å²) in [4.78, 5) is 48.1. The van der Waals surface area contributed by atoms with Crippen LogP contribution in [0.4, 0.5) is 10.5 Å². The van der Waals surface area contributed by atoms with Crippen LogP contribution in [0.1, 0.15) is 25.1 Å². The number of rotatable bonds is 2. The molecule has 1 saturated heterocycles. The van der Waals surface area contributed by atoms with Crippen LogP contribution >= 0.6 is 0 Å². The van der Waals surface area contributed by atoms with Crippen LogP contribution in [0.25, 0.3) is 11.1 Å². The third kappa shape index (κ3) is 2.31. The highest BCUT2D eigenvalue weighted by molar-refractivity contribution is 5.95. The van der Waals surface area contributed by atoms with Crippen LogP contribution in [0.2, 0.25) is 0 Å². The number of amides is 2. The van der Waals surface area contributed by atoms with Gasteiger partial charge in [-0.25, -0.2) is 14.2 Å². The van der Waals surface area contributed by atoms with Crippen LogP contribution in [0.15, 0.2) is 27.4 Å². The van der Waals surface area contributed by atoms with Gasteiger partial charge in [0.15, 0.2) is 11.2 Å². The van der Waals surface area contributed by atoms with Gasteiger partial charge in [-0.1, -0.05) is 0 Å². The number of ether oxygens (including phenoxy) is 1. The maximum atomic E-state index is 12.2. The number of hydrogen-bond acceptors (Lipinski definition) is 6. The third-order valence-corrected chi connectivity index (χ3v) is 4.53. The lowest BCUT2D eigenvalue weighted by molar-refractivity contribution is -0.119. The Labute approximate surface area is 141 Å². The fourth-order valence-electron chi connectivity index (χ4n) is 3.27. The van der Waals surface area contributed by atoms with Crippen molar-refractivity contribution in [2.24, 2.45) is 0 Å². The van der Waals surface area contributed by atoms with E-state index in [-0.39, 0.29) is 17.5 Å². The number of benzene rings is 1. The Bertz CT molecular complexity index is 989. The Morgan fingerprint density at radius 2 is 2.04 bits per heavy atom. The molecule has 1 saturated carbocycles. The summed E-state index contributed by atoms with van der Waals surface area (Å²) < 4.78 is 11.5. The van der Waals surface area contributed by atoms with Gasteiger partial charge in [-0.15, -0.1) is 0 Å². The van der Waals surface area contributed by atoms with Crippen molar-refractivity contribution in [1.29, 1.82) is 0 Å². The number of fused-ring (bicyclic) bond motifs is 1. The zero-order chi connectivity index (χ0) is 17.9. The molecule has 2 atom stereocenters. The fraction of sp³-hybridized carbons (Fsp3) is 0.375. The topological polar surface area (TPSA) is 111 Å². The van der Waals surface area contributed by atoms with Gasteiger partial charge in [0.05, 0.1) is 23.8 Å². The van der Waals surface area contributed by atoms with Crippen LogP contribution in [0, 0.1) is 0 Å². The molecule has 2 amide bonds. The highest BCUT2D eigenvalue weighted by Gasteiger charge is 2.64. The summed E-state index contributed by atoms with van der Waals surface area (Å²) in [5.74, 6) is -1.40. The molecule has 0 radical (unpaired) electrons. The van der Waals surface area contributed by atoms with E-state index in [1.807, 2.05) is 0 Å². The second kappa shape index (κ2) is 4.95. The van der Waals surface area contributed by atoms with Crippen molar-refractivity contribution in [1.82, 2.24) is 9.88 Å². The number of nitrogens with one attached hydrogen (secondary N) is 1. The monoisotopic (exact) mass is 345 g/mol. The van der Waals surface area contributed by atoms with E-state index in [1.165, 1.54) is 24.8 Å². The summed E-state index contributed by atoms with van der Waals surface area (Å²) in [6, 6.07) is 4.49. The molecular weight excluding hydrogens is 330 g/mol. The number of hydrogen-bond donors (Lipinski definition) is 1. The molecule has 9 heteroatoms. The first-order valence-corrected chi connectivity index (χ1v) is 7.75. The first kappa shape index (κ1) is 15.4. The Morgan fingerprint density at radius 3 is 2.72 bits per heavy atom. The molecule has 9 nitrogen and oxygen atoms in total. The fourth-order valence-corrected chi connectivity index (χ4v) is 3.27. The lowest BCUT2D eigenvalue weighted by Crippen LogP contribution is -2.33. The van der Waals surface area contributed by atoms with Gasteiger partial charge in [-0.2, -0.15) is 0 Å². The minimum atomic E-state index is -0.770. The van der Waals surface area contributed by atoms with Crippen LogP contribution in [0.5, 0.6) is 0 Å². The van der Waals surface area contributed by atoms with Gasteiger partial charge < -0.3 is 14.5 Å².